The van der Waals surface area contributed by atoms with Gasteiger partial charge in [0.15, 0.2) is 0 Å². The van der Waals surface area contributed by atoms with Crippen LogP contribution in [0.1, 0.15) is 18.4 Å². The van der Waals surface area contributed by atoms with Crippen molar-refractivity contribution in [3.8, 4) is 11.3 Å². The lowest BCUT2D eigenvalue weighted by molar-refractivity contribution is -0.384. The summed E-state index contributed by atoms with van der Waals surface area (Å²) in [5.74, 6) is 0.346. The van der Waals surface area contributed by atoms with Crippen LogP contribution in [-0.4, -0.2) is 44.4 Å². The molecule has 0 radical (unpaired) electrons. The fourth-order valence-corrected chi connectivity index (χ4v) is 3.32. The van der Waals surface area contributed by atoms with Crippen molar-refractivity contribution in [1.29, 1.82) is 0 Å². The van der Waals surface area contributed by atoms with Crippen LogP contribution in [0, 0.1) is 16.0 Å². The minimum atomic E-state index is -0.397. The Morgan fingerprint density at radius 2 is 2.12 bits per heavy atom. The number of non-ortho nitro benzene ring substituents is 1. The topological polar surface area (TPSA) is 84.4 Å². The molecule has 1 aliphatic heterocycles. The van der Waals surface area contributed by atoms with Gasteiger partial charge in [0.25, 0.3) is 5.69 Å². The minimum absolute atomic E-state index is 0.0815. The summed E-state index contributed by atoms with van der Waals surface area (Å²) >= 11 is 0. The van der Waals surface area contributed by atoms with Gasteiger partial charge in [0.2, 0.25) is 0 Å². The Balaban J connectivity index is 1.81. The molecule has 0 bridgehead atoms. The summed E-state index contributed by atoms with van der Waals surface area (Å²) in [6, 6.07) is 6.51. The molecule has 2 heterocycles. The predicted molar refractivity (Wildman–Crippen MR) is 90.4 cm³/mol. The van der Waals surface area contributed by atoms with Crippen molar-refractivity contribution in [2.45, 2.75) is 19.4 Å². The van der Waals surface area contributed by atoms with Crippen molar-refractivity contribution in [1.82, 2.24) is 14.7 Å². The Kier molecular flexibility index (Phi) is 4.92. The molecule has 7 heteroatoms. The van der Waals surface area contributed by atoms with Crippen molar-refractivity contribution in [3.63, 3.8) is 0 Å². The first-order chi connectivity index (χ1) is 11.6. The number of aryl methyl sites for hydroxylation is 1. The smallest absolute Gasteiger partial charge is 0.269 e. The lowest BCUT2D eigenvalue weighted by atomic mass is 9.98. The normalized spacial score (nSPS) is 18.7. The van der Waals surface area contributed by atoms with Gasteiger partial charge in [-0.25, -0.2) is 0 Å². The summed E-state index contributed by atoms with van der Waals surface area (Å²) in [6.45, 7) is 2.92. The molecule has 1 unspecified atom stereocenters. The maximum absolute atomic E-state index is 10.8. The van der Waals surface area contributed by atoms with E-state index in [-0.39, 0.29) is 12.3 Å². The second kappa shape index (κ2) is 7.11. The van der Waals surface area contributed by atoms with E-state index in [4.69, 9.17) is 0 Å². The maximum Gasteiger partial charge on any atom is 0.269 e. The molecule has 0 spiro atoms. The van der Waals surface area contributed by atoms with Gasteiger partial charge < -0.3 is 5.11 Å². The zero-order chi connectivity index (χ0) is 17.1. The SMILES string of the molecule is Cn1cc(CN2CCCC(CO)C2)c(-c2ccc([N+](=O)[O-])cc2)n1. The number of rotatable bonds is 5. The molecule has 0 aliphatic carbocycles. The Morgan fingerprint density at radius 3 is 2.79 bits per heavy atom. The molecule has 1 saturated heterocycles. The summed E-state index contributed by atoms with van der Waals surface area (Å²) in [7, 11) is 1.88. The molecule has 24 heavy (non-hydrogen) atoms. The number of nitro benzene ring substituents is 1. The Hall–Kier alpha value is -2.25. The van der Waals surface area contributed by atoms with E-state index in [1.165, 1.54) is 12.1 Å². The number of piperidine rings is 1. The van der Waals surface area contributed by atoms with Gasteiger partial charge in [-0.15, -0.1) is 0 Å². The average molecular weight is 330 g/mol. The van der Waals surface area contributed by atoms with Gasteiger partial charge in [0, 0.05) is 56.2 Å². The van der Waals surface area contributed by atoms with Gasteiger partial charge in [-0.2, -0.15) is 5.10 Å². The maximum atomic E-state index is 10.8. The third kappa shape index (κ3) is 3.63. The van der Waals surface area contributed by atoms with Gasteiger partial charge >= 0.3 is 0 Å². The first kappa shape index (κ1) is 16.6. The molecule has 1 fully saturated rings. The second-order valence-corrected chi connectivity index (χ2v) is 6.41. The van der Waals surface area contributed by atoms with Crippen LogP contribution in [0.5, 0.6) is 0 Å². The number of likely N-dealkylation sites (tertiary alicyclic amines) is 1. The first-order valence-electron chi connectivity index (χ1n) is 8.17. The molecule has 1 atom stereocenters. The number of nitrogens with zero attached hydrogens (tertiary/aromatic N) is 4. The molecule has 1 aliphatic rings. The summed E-state index contributed by atoms with van der Waals surface area (Å²) in [6.07, 6.45) is 4.17. The van der Waals surface area contributed by atoms with Crippen LogP contribution in [0.4, 0.5) is 5.69 Å². The van der Waals surface area contributed by atoms with E-state index < -0.39 is 4.92 Å². The number of aliphatic hydroxyl groups excluding tert-OH is 1. The van der Waals surface area contributed by atoms with Gasteiger partial charge in [-0.3, -0.25) is 19.7 Å². The van der Waals surface area contributed by atoms with Crippen LogP contribution < -0.4 is 0 Å². The molecular weight excluding hydrogens is 308 g/mol. The predicted octanol–water partition coefficient (Wildman–Crippen LogP) is 2.20. The number of aromatic nitrogens is 2. The van der Waals surface area contributed by atoms with Crippen LogP contribution in [0.25, 0.3) is 11.3 Å². The fourth-order valence-electron chi connectivity index (χ4n) is 3.32. The lowest BCUT2D eigenvalue weighted by Crippen LogP contribution is -2.36. The zero-order valence-corrected chi connectivity index (χ0v) is 13.8. The van der Waals surface area contributed by atoms with Gasteiger partial charge in [0.1, 0.15) is 0 Å². The van der Waals surface area contributed by atoms with E-state index in [0.717, 1.165) is 49.3 Å². The highest BCUT2D eigenvalue weighted by Crippen LogP contribution is 2.26. The van der Waals surface area contributed by atoms with E-state index in [9.17, 15) is 15.2 Å². The molecule has 128 valence electrons. The quantitative estimate of drug-likeness (QED) is 0.671. The van der Waals surface area contributed by atoms with Crippen LogP contribution in [0.15, 0.2) is 30.5 Å². The van der Waals surface area contributed by atoms with Crippen molar-refractivity contribution in [2.24, 2.45) is 13.0 Å². The molecule has 1 N–H and O–H groups in total. The molecule has 1 aromatic heterocycles. The highest BCUT2D eigenvalue weighted by molar-refractivity contribution is 5.64. The van der Waals surface area contributed by atoms with E-state index in [0.29, 0.717) is 5.92 Å². The van der Waals surface area contributed by atoms with Gasteiger partial charge in [-0.1, -0.05) is 0 Å². The third-order valence-corrected chi connectivity index (χ3v) is 4.51. The number of aliphatic hydroxyl groups is 1. The molecular formula is C17H22N4O3. The van der Waals surface area contributed by atoms with Crippen molar-refractivity contribution in [3.05, 3.63) is 46.1 Å². The number of hydrogen-bond acceptors (Lipinski definition) is 5. The third-order valence-electron chi connectivity index (χ3n) is 4.51. The van der Waals surface area contributed by atoms with Crippen LogP contribution in [0.2, 0.25) is 0 Å². The van der Waals surface area contributed by atoms with Gasteiger partial charge in [0.05, 0.1) is 10.6 Å². The fraction of sp³-hybridized carbons (Fsp3) is 0.471. The van der Waals surface area contributed by atoms with E-state index >= 15 is 0 Å². The Labute approximate surface area is 140 Å². The zero-order valence-electron chi connectivity index (χ0n) is 13.8. The van der Waals surface area contributed by atoms with Gasteiger partial charge in [-0.05, 0) is 37.4 Å². The molecule has 1 aromatic carbocycles. The largest absolute Gasteiger partial charge is 0.396 e. The van der Waals surface area contributed by atoms with Crippen molar-refractivity contribution in [2.75, 3.05) is 19.7 Å². The molecule has 3 rings (SSSR count). The average Bonchev–Trinajstić information content (AvgIpc) is 2.95. The van der Waals surface area contributed by atoms with Crippen LogP contribution in [-0.2, 0) is 13.6 Å². The monoisotopic (exact) mass is 330 g/mol. The minimum Gasteiger partial charge on any atom is -0.396 e. The number of hydrogen-bond donors (Lipinski definition) is 1. The van der Waals surface area contributed by atoms with E-state index in [1.807, 2.05) is 13.2 Å². The summed E-state index contributed by atoms with van der Waals surface area (Å²) in [5, 5.41) is 24.7. The number of nitro groups is 1. The summed E-state index contributed by atoms with van der Waals surface area (Å²) in [5.41, 5.74) is 2.92. The van der Waals surface area contributed by atoms with Crippen LogP contribution in [0.3, 0.4) is 0 Å². The Morgan fingerprint density at radius 1 is 1.38 bits per heavy atom. The van der Waals surface area contributed by atoms with E-state index in [2.05, 4.69) is 10.00 Å². The Bertz CT molecular complexity index is 711. The highest BCUT2D eigenvalue weighted by Gasteiger charge is 2.21. The number of benzene rings is 1. The second-order valence-electron chi connectivity index (χ2n) is 6.41. The van der Waals surface area contributed by atoms with Crippen molar-refractivity contribution >= 4 is 5.69 Å². The lowest BCUT2D eigenvalue weighted by Gasteiger charge is -2.31. The first-order valence-corrected chi connectivity index (χ1v) is 8.17. The molecule has 7 nitrogen and oxygen atoms in total. The van der Waals surface area contributed by atoms with E-state index in [1.54, 1.807) is 16.8 Å². The summed E-state index contributed by atoms with van der Waals surface area (Å²) < 4.78 is 1.78. The molecule has 0 amide bonds. The molecule has 2 aromatic rings. The van der Waals surface area contributed by atoms with Crippen molar-refractivity contribution < 1.29 is 10.0 Å². The van der Waals surface area contributed by atoms with Crippen LogP contribution >= 0.6 is 0 Å². The highest BCUT2D eigenvalue weighted by atomic mass is 16.6. The standard InChI is InChI=1S/C17H22N4O3/c1-19-10-15(11-20-8-2-3-13(9-20)12-22)17(18-19)14-4-6-16(7-5-14)21(23)24/h4-7,10,13,22H,2-3,8-9,11-12H2,1H3. The summed E-state index contributed by atoms with van der Waals surface area (Å²) in [4.78, 5) is 12.7. The molecule has 0 saturated carbocycles.